The maximum atomic E-state index is 13.7. The number of unbranched alkanes of at least 4 members (excludes halogenated alkanes) is 1. The molecule has 3 rings (SSSR count). The lowest BCUT2D eigenvalue weighted by atomic mass is 9.90. The first kappa shape index (κ1) is 30.1. The number of carbonyl (C=O) groups excluding carboxylic acids is 3. The van der Waals surface area contributed by atoms with Crippen LogP contribution in [0.5, 0.6) is 0 Å². The second-order valence-corrected chi connectivity index (χ2v) is 9.79. The maximum Gasteiger partial charge on any atom is 0.323 e. The summed E-state index contributed by atoms with van der Waals surface area (Å²) in [6, 6.07) is 16.5. The molecule has 0 bridgehead atoms. The molecule has 1 heterocycles. The number of fused-ring (bicyclic) bond motifs is 1. The Morgan fingerprint density at radius 2 is 1.69 bits per heavy atom. The number of aromatic nitrogens is 1. The molecule has 0 spiro atoms. The Bertz CT molecular complexity index is 1190. The number of H-pyrrole nitrogens is 1. The number of benzene rings is 2. The summed E-state index contributed by atoms with van der Waals surface area (Å²) in [4.78, 5) is 42.6. The number of ether oxygens (including phenoxy) is 2. The molecule has 4 N–H and O–H groups in total. The Balaban J connectivity index is 1.77. The maximum absolute atomic E-state index is 13.7. The Labute approximate surface area is 230 Å². The quantitative estimate of drug-likeness (QED) is 0.176. The van der Waals surface area contributed by atoms with Gasteiger partial charge in [-0.2, -0.15) is 0 Å². The zero-order chi connectivity index (χ0) is 28.0. The molecule has 3 atom stereocenters. The fourth-order valence-corrected chi connectivity index (χ4v) is 4.90. The smallest absolute Gasteiger partial charge is 0.323 e. The van der Waals surface area contributed by atoms with Gasteiger partial charge in [0.05, 0.1) is 25.7 Å². The van der Waals surface area contributed by atoms with Crippen LogP contribution in [0.4, 0.5) is 0 Å². The van der Waals surface area contributed by atoms with Crippen molar-refractivity contribution in [2.75, 3.05) is 20.3 Å². The minimum atomic E-state index is -0.651. The second kappa shape index (κ2) is 15.8. The van der Waals surface area contributed by atoms with Crippen molar-refractivity contribution in [1.82, 2.24) is 10.3 Å². The minimum absolute atomic E-state index is 0.000697. The van der Waals surface area contributed by atoms with Crippen LogP contribution in [0.25, 0.3) is 10.9 Å². The third kappa shape index (κ3) is 9.04. The summed E-state index contributed by atoms with van der Waals surface area (Å²) in [7, 11) is 1.34. The number of nitrogens with two attached hydrogens (primary N) is 1. The normalized spacial score (nSPS) is 13.5. The lowest BCUT2D eigenvalue weighted by Crippen LogP contribution is -2.48. The predicted molar refractivity (Wildman–Crippen MR) is 152 cm³/mol. The van der Waals surface area contributed by atoms with Gasteiger partial charge in [-0.1, -0.05) is 55.0 Å². The molecular formula is C31H41N3O5. The van der Waals surface area contributed by atoms with Crippen LogP contribution in [0.3, 0.4) is 0 Å². The Kier molecular flexibility index (Phi) is 12.2. The van der Waals surface area contributed by atoms with Crippen molar-refractivity contribution in [2.24, 2.45) is 11.7 Å². The molecule has 0 amide bonds. The van der Waals surface area contributed by atoms with E-state index in [4.69, 9.17) is 15.2 Å². The molecule has 8 nitrogen and oxygen atoms in total. The zero-order valence-electron chi connectivity index (χ0n) is 23.0. The minimum Gasteiger partial charge on any atom is -0.469 e. The zero-order valence-corrected chi connectivity index (χ0v) is 23.0. The number of para-hydroxylation sites is 1. The van der Waals surface area contributed by atoms with Gasteiger partial charge in [0.25, 0.3) is 0 Å². The predicted octanol–water partition coefficient (Wildman–Crippen LogP) is 4.11. The number of nitrogens with one attached hydrogen (secondary N) is 2. The molecule has 39 heavy (non-hydrogen) atoms. The number of carbonyl (C=O) groups is 3. The molecule has 8 heteroatoms. The van der Waals surface area contributed by atoms with Crippen LogP contribution in [-0.4, -0.2) is 55.1 Å². The fourth-order valence-electron chi connectivity index (χ4n) is 4.90. The van der Waals surface area contributed by atoms with Crippen LogP contribution in [0, 0.1) is 5.92 Å². The molecule has 0 aliphatic carbocycles. The number of aromatic amines is 1. The van der Waals surface area contributed by atoms with Gasteiger partial charge in [-0.05, 0) is 62.8 Å². The molecular weight excluding hydrogens is 494 g/mol. The third-order valence-corrected chi connectivity index (χ3v) is 7.00. The highest BCUT2D eigenvalue weighted by Crippen LogP contribution is 2.24. The van der Waals surface area contributed by atoms with Crippen molar-refractivity contribution >= 4 is 28.6 Å². The number of methoxy groups -OCH3 is 1. The van der Waals surface area contributed by atoms with Crippen molar-refractivity contribution in [3.8, 4) is 0 Å². The van der Waals surface area contributed by atoms with Crippen molar-refractivity contribution in [3.63, 3.8) is 0 Å². The van der Waals surface area contributed by atoms with Gasteiger partial charge in [0.2, 0.25) is 0 Å². The van der Waals surface area contributed by atoms with E-state index < -0.39 is 24.0 Å². The molecule has 0 fully saturated rings. The van der Waals surface area contributed by atoms with Gasteiger partial charge in [-0.3, -0.25) is 19.7 Å². The second-order valence-electron chi connectivity index (χ2n) is 9.79. The first-order valence-electron chi connectivity index (χ1n) is 13.8. The van der Waals surface area contributed by atoms with E-state index in [2.05, 4.69) is 10.3 Å². The van der Waals surface area contributed by atoms with Crippen molar-refractivity contribution in [2.45, 2.75) is 64.0 Å². The third-order valence-electron chi connectivity index (χ3n) is 7.00. The summed E-state index contributed by atoms with van der Waals surface area (Å²) in [5, 5.41) is 4.31. The van der Waals surface area contributed by atoms with E-state index in [1.54, 1.807) is 6.92 Å². The average molecular weight is 536 g/mol. The number of aryl methyl sites for hydroxylation is 1. The van der Waals surface area contributed by atoms with Crippen LogP contribution in [0.2, 0.25) is 0 Å². The molecule has 2 aromatic carbocycles. The van der Waals surface area contributed by atoms with Gasteiger partial charge in [0.15, 0.2) is 5.78 Å². The molecule has 0 aliphatic heterocycles. The molecule has 1 aromatic heterocycles. The molecule has 210 valence electrons. The van der Waals surface area contributed by atoms with Gasteiger partial charge >= 0.3 is 11.9 Å². The van der Waals surface area contributed by atoms with Crippen LogP contribution in [0.15, 0.2) is 60.8 Å². The molecule has 0 unspecified atom stereocenters. The van der Waals surface area contributed by atoms with E-state index in [9.17, 15) is 14.4 Å². The molecule has 3 aromatic rings. The van der Waals surface area contributed by atoms with Crippen LogP contribution < -0.4 is 11.1 Å². The number of hydrogen-bond acceptors (Lipinski definition) is 7. The number of rotatable bonds is 17. The van der Waals surface area contributed by atoms with E-state index in [1.807, 2.05) is 60.8 Å². The fraction of sp³-hybridized carbons (Fsp3) is 0.452. The summed E-state index contributed by atoms with van der Waals surface area (Å²) in [6.45, 7) is 2.53. The van der Waals surface area contributed by atoms with Gasteiger partial charge < -0.3 is 20.2 Å². The first-order chi connectivity index (χ1) is 19.0. The summed E-state index contributed by atoms with van der Waals surface area (Å²) < 4.78 is 10.4. The van der Waals surface area contributed by atoms with Crippen molar-refractivity contribution in [1.29, 1.82) is 0 Å². The van der Waals surface area contributed by atoms with E-state index in [-0.39, 0.29) is 24.8 Å². The highest BCUT2D eigenvalue weighted by Gasteiger charge is 2.31. The van der Waals surface area contributed by atoms with Crippen LogP contribution in [-0.2, 0) is 36.7 Å². The molecule has 0 saturated carbocycles. The summed E-state index contributed by atoms with van der Waals surface area (Å²) in [5.74, 6) is -1.59. The van der Waals surface area contributed by atoms with Crippen LogP contribution >= 0.6 is 0 Å². The van der Waals surface area contributed by atoms with Crippen molar-refractivity contribution < 1.29 is 23.9 Å². The topological polar surface area (TPSA) is 124 Å². The van der Waals surface area contributed by atoms with E-state index in [0.29, 0.717) is 32.2 Å². The van der Waals surface area contributed by atoms with E-state index in [1.165, 1.54) is 7.11 Å². The van der Waals surface area contributed by atoms with Crippen LogP contribution in [0.1, 0.15) is 50.2 Å². The van der Waals surface area contributed by atoms with Gasteiger partial charge in [-0.25, -0.2) is 0 Å². The Morgan fingerprint density at radius 3 is 2.41 bits per heavy atom. The van der Waals surface area contributed by atoms with Crippen molar-refractivity contribution in [3.05, 3.63) is 71.9 Å². The van der Waals surface area contributed by atoms with Gasteiger partial charge in [0.1, 0.15) is 6.04 Å². The van der Waals surface area contributed by atoms with Gasteiger partial charge in [0, 0.05) is 23.5 Å². The number of esters is 2. The Hall–Kier alpha value is -3.49. The van der Waals surface area contributed by atoms with Gasteiger partial charge in [-0.15, -0.1) is 0 Å². The highest BCUT2D eigenvalue weighted by atomic mass is 16.5. The number of ketones is 1. The summed E-state index contributed by atoms with van der Waals surface area (Å²) in [5.41, 5.74) is 8.73. The average Bonchev–Trinajstić information content (AvgIpc) is 3.36. The number of Topliss-reactive ketones (excluding diaryl/α,β-unsaturated/α-hetero) is 1. The standard InChI is InChI=1S/C31H41N3O5/c1-3-39-31(37)28(17-16-22-11-5-4-6-12-22)34-27(15-9-10-18-32)29(35)20-23(30(36)38-2)19-24-21-33-26-14-8-7-13-25(24)26/h4-8,11-14,21,23,27-28,33-34H,3,9-10,15-20,32H2,1-2H3/t23-,27+,28+/m1/s1. The monoisotopic (exact) mass is 535 g/mol. The summed E-state index contributed by atoms with van der Waals surface area (Å²) >= 11 is 0. The SMILES string of the molecule is CCOC(=O)[C@H](CCc1ccccc1)N[C@@H](CCCCN)C(=O)C[C@@H](Cc1c[nH]c2ccccc12)C(=O)OC. The number of hydrogen-bond donors (Lipinski definition) is 3. The largest absolute Gasteiger partial charge is 0.469 e. The molecule has 0 saturated heterocycles. The van der Waals surface area contributed by atoms with E-state index in [0.717, 1.165) is 34.9 Å². The summed E-state index contributed by atoms with van der Waals surface area (Å²) in [6.07, 6.45) is 5.38. The molecule has 0 radical (unpaired) electrons. The lowest BCUT2D eigenvalue weighted by molar-refractivity contribution is -0.148. The lowest BCUT2D eigenvalue weighted by Gasteiger charge is -2.25. The van der Waals surface area contributed by atoms with E-state index >= 15 is 0 Å². The Morgan fingerprint density at radius 1 is 0.949 bits per heavy atom. The first-order valence-corrected chi connectivity index (χ1v) is 13.8. The molecule has 0 aliphatic rings. The highest BCUT2D eigenvalue weighted by molar-refractivity contribution is 5.90.